The fraction of sp³-hybridized carbons (Fsp3) is 0.640. The Bertz CT molecular complexity index is 722. The number of aryl methyl sites for hydroxylation is 1. The van der Waals surface area contributed by atoms with Crippen LogP contribution in [0.25, 0.3) is 0 Å². The zero-order chi connectivity index (χ0) is 21.8. The lowest BCUT2D eigenvalue weighted by atomic mass is 9.94. The molecule has 0 atom stereocenters. The van der Waals surface area contributed by atoms with Gasteiger partial charge in [-0.25, -0.2) is 14.4 Å². The number of unbranched alkanes of at least 4 members (excludes halogenated alkanes) is 13. The number of aromatic carboxylic acids is 1. The van der Waals surface area contributed by atoms with Crippen LogP contribution in [-0.2, 0) is 11.2 Å². The standard InChI is InChI=1S/C25H36O5/c1-2-3-4-5-6-7-8-9-10-11-12-13-14-15-16-19-17-20(23(26)27)18-21-22(19)25(29)30-24(21)28/h17-18H,2-16H2,1H3,(H,26,27). The molecule has 0 bridgehead atoms. The van der Waals surface area contributed by atoms with E-state index in [2.05, 4.69) is 11.7 Å². The molecule has 1 N–H and O–H groups in total. The lowest BCUT2D eigenvalue weighted by Crippen LogP contribution is -2.05. The predicted octanol–water partition coefficient (Wildman–Crippen LogP) is 6.72. The highest BCUT2D eigenvalue weighted by molar-refractivity contribution is 6.16. The van der Waals surface area contributed by atoms with Crippen molar-refractivity contribution < 1.29 is 24.2 Å². The van der Waals surface area contributed by atoms with Crippen molar-refractivity contribution in [2.24, 2.45) is 0 Å². The van der Waals surface area contributed by atoms with E-state index in [0.717, 1.165) is 19.3 Å². The lowest BCUT2D eigenvalue weighted by Gasteiger charge is -2.07. The molecular weight excluding hydrogens is 380 g/mol. The van der Waals surface area contributed by atoms with Crippen molar-refractivity contribution in [1.82, 2.24) is 0 Å². The SMILES string of the molecule is CCCCCCCCCCCCCCCCc1cc(C(=O)O)cc2c1C(=O)OC2=O. The number of carboxylic acid groups (broad SMARTS) is 1. The number of rotatable bonds is 16. The Morgan fingerprint density at radius 3 is 1.77 bits per heavy atom. The molecule has 166 valence electrons. The van der Waals surface area contributed by atoms with Crippen LogP contribution in [-0.4, -0.2) is 23.0 Å². The molecule has 1 aromatic rings. The van der Waals surface area contributed by atoms with E-state index >= 15 is 0 Å². The van der Waals surface area contributed by atoms with Crippen LogP contribution in [0.2, 0.25) is 0 Å². The third-order valence-electron chi connectivity index (χ3n) is 5.88. The number of carbonyl (C=O) groups is 3. The quantitative estimate of drug-likeness (QED) is 0.184. The van der Waals surface area contributed by atoms with Gasteiger partial charge in [-0.15, -0.1) is 0 Å². The molecule has 0 aliphatic carbocycles. The molecule has 0 spiro atoms. The second kappa shape index (κ2) is 13.2. The zero-order valence-corrected chi connectivity index (χ0v) is 18.3. The summed E-state index contributed by atoms with van der Waals surface area (Å²) < 4.78 is 4.66. The molecule has 2 rings (SSSR count). The van der Waals surface area contributed by atoms with E-state index in [0.29, 0.717) is 12.0 Å². The molecule has 0 amide bonds. The Morgan fingerprint density at radius 1 is 0.767 bits per heavy atom. The first-order valence-corrected chi connectivity index (χ1v) is 11.7. The number of ether oxygens (including phenoxy) is 1. The molecule has 0 aromatic heterocycles. The van der Waals surface area contributed by atoms with Gasteiger partial charge in [-0.2, -0.15) is 0 Å². The van der Waals surface area contributed by atoms with E-state index in [1.165, 1.54) is 82.8 Å². The van der Waals surface area contributed by atoms with Crippen molar-refractivity contribution >= 4 is 17.9 Å². The van der Waals surface area contributed by atoms with Crippen molar-refractivity contribution in [1.29, 1.82) is 0 Å². The van der Waals surface area contributed by atoms with E-state index in [-0.39, 0.29) is 16.7 Å². The Balaban J connectivity index is 1.60. The molecule has 0 saturated heterocycles. The first-order chi connectivity index (χ1) is 14.5. The summed E-state index contributed by atoms with van der Waals surface area (Å²) in [7, 11) is 0. The molecule has 1 heterocycles. The molecule has 0 unspecified atom stereocenters. The predicted molar refractivity (Wildman–Crippen MR) is 117 cm³/mol. The average molecular weight is 417 g/mol. The number of fused-ring (bicyclic) bond motifs is 1. The highest BCUT2D eigenvalue weighted by Gasteiger charge is 2.33. The van der Waals surface area contributed by atoms with Crippen LogP contribution in [0, 0.1) is 0 Å². The number of esters is 2. The summed E-state index contributed by atoms with van der Waals surface area (Å²) in [6, 6.07) is 2.74. The van der Waals surface area contributed by atoms with Gasteiger partial charge < -0.3 is 9.84 Å². The van der Waals surface area contributed by atoms with E-state index in [1.54, 1.807) is 0 Å². The fourth-order valence-corrected chi connectivity index (χ4v) is 4.13. The molecule has 0 radical (unpaired) electrons. The third kappa shape index (κ3) is 7.58. The van der Waals surface area contributed by atoms with Gasteiger partial charge in [0.25, 0.3) is 0 Å². The average Bonchev–Trinajstić information content (AvgIpc) is 3.01. The first kappa shape index (κ1) is 24.1. The van der Waals surface area contributed by atoms with Gasteiger partial charge in [-0.05, 0) is 30.5 Å². The topological polar surface area (TPSA) is 80.7 Å². The Labute approximate surface area is 180 Å². The minimum absolute atomic E-state index is 0.0285. The van der Waals surface area contributed by atoms with E-state index in [1.807, 2.05) is 0 Å². The highest BCUT2D eigenvalue weighted by atomic mass is 16.6. The van der Waals surface area contributed by atoms with Gasteiger partial charge in [0.1, 0.15) is 0 Å². The summed E-state index contributed by atoms with van der Waals surface area (Å²) in [5.41, 5.74) is 0.973. The van der Waals surface area contributed by atoms with Crippen LogP contribution >= 0.6 is 0 Å². The number of cyclic esters (lactones) is 2. The molecule has 1 aliphatic heterocycles. The Hall–Kier alpha value is -2.17. The zero-order valence-electron chi connectivity index (χ0n) is 18.3. The number of hydrogen-bond acceptors (Lipinski definition) is 4. The number of carbonyl (C=O) groups excluding carboxylic acids is 2. The van der Waals surface area contributed by atoms with Crippen molar-refractivity contribution in [2.45, 2.75) is 103 Å². The lowest BCUT2D eigenvalue weighted by molar-refractivity contribution is 0.0443. The molecule has 1 aromatic carbocycles. The van der Waals surface area contributed by atoms with Gasteiger partial charge >= 0.3 is 17.9 Å². The molecule has 1 aliphatic rings. The van der Waals surface area contributed by atoms with Crippen molar-refractivity contribution in [3.63, 3.8) is 0 Å². The summed E-state index contributed by atoms with van der Waals surface area (Å²) in [5, 5.41) is 9.25. The highest BCUT2D eigenvalue weighted by Crippen LogP contribution is 2.27. The maximum absolute atomic E-state index is 11.9. The summed E-state index contributed by atoms with van der Waals surface area (Å²) in [5.74, 6) is -2.51. The van der Waals surface area contributed by atoms with Gasteiger partial charge in [-0.1, -0.05) is 90.4 Å². The first-order valence-electron chi connectivity index (χ1n) is 11.7. The Morgan fingerprint density at radius 2 is 1.27 bits per heavy atom. The Kier molecular flexibility index (Phi) is 10.6. The summed E-state index contributed by atoms with van der Waals surface area (Å²) in [6.45, 7) is 2.25. The number of carboxylic acids is 1. The van der Waals surface area contributed by atoms with Crippen LogP contribution in [0.15, 0.2) is 12.1 Å². The van der Waals surface area contributed by atoms with E-state index < -0.39 is 17.9 Å². The second-order valence-corrected chi connectivity index (χ2v) is 8.39. The van der Waals surface area contributed by atoms with Crippen LogP contribution in [0.1, 0.15) is 133 Å². The summed E-state index contributed by atoms with van der Waals surface area (Å²) in [4.78, 5) is 35.0. The van der Waals surface area contributed by atoms with Crippen LogP contribution in [0.5, 0.6) is 0 Å². The van der Waals surface area contributed by atoms with Crippen LogP contribution in [0.3, 0.4) is 0 Å². The summed E-state index contributed by atoms with van der Waals surface area (Å²) >= 11 is 0. The molecule has 5 nitrogen and oxygen atoms in total. The fourth-order valence-electron chi connectivity index (χ4n) is 4.13. The van der Waals surface area contributed by atoms with Crippen LogP contribution in [0.4, 0.5) is 0 Å². The molecule has 0 fully saturated rings. The second-order valence-electron chi connectivity index (χ2n) is 8.39. The molecule has 0 saturated carbocycles. The maximum Gasteiger partial charge on any atom is 0.347 e. The van der Waals surface area contributed by atoms with E-state index in [9.17, 15) is 19.5 Å². The van der Waals surface area contributed by atoms with Crippen LogP contribution < -0.4 is 0 Å². The van der Waals surface area contributed by atoms with Gasteiger partial charge in [0.05, 0.1) is 16.7 Å². The number of benzene rings is 1. The largest absolute Gasteiger partial charge is 0.478 e. The molecule has 5 heteroatoms. The maximum atomic E-state index is 11.9. The van der Waals surface area contributed by atoms with E-state index in [4.69, 9.17) is 0 Å². The third-order valence-corrected chi connectivity index (χ3v) is 5.88. The normalized spacial score (nSPS) is 12.8. The van der Waals surface area contributed by atoms with Crippen molar-refractivity contribution in [3.05, 3.63) is 34.4 Å². The minimum Gasteiger partial charge on any atom is -0.478 e. The molecule has 30 heavy (non-hydrogen) atoms. The van der Waals surface area contributed by atoms with Crippen molar-refractivity contribution in [2.75, 3.05) is 0 Å². The van der Waals surface area contributed by atoms with Gasteiger partial charge in [0.15, 0.2) is 0 Å². The smallest absolute Gasteiger partial charge is 0.347 e. The van der Waals surface area contributed by atoms with Gasteiger partial charge in [0, 0.05) is 0 Å². The number of hydrogen-bond donors (Lipinski definition) is 1. The van der Waals surface area contributed by atoms with Crippen molar-refractivity contribution in [3.8, 4) is 0 Å². The monoisotopic (exact) mass is 416 g/mol. The summed E-state index contributed by atoms with van der Waals surface area (Å²) in [6.07, 6.45) is 18.3. The molecular formula is C25H36O5. The minimum atomic E-state index is -1.10. The van der Waals surface area contributed by atoms with Gasteiger partial charge in [0.2, 0.25) is 0 Å². The van der Waals surface area contributed by atoms with Gasteiger partial charge in [-0.3, -0.25) is 0 Å².